The van der Waals surface area contributed by atoms with E-state index in [-0.39, 0.29) is 21.7 Å². The average molecular weight is 533 g/mol. The molecule has 0 amide bonds. The van der Waals surface area contributed by atoms with Gasteiger partial charge in [0.25, 0.3) is 0 Å². The van der Waals surface area contributed by atoms with E-state index in [0.717, 1.165) is 37.2 Å². The fourth-order valence-electron chi connectivity index (χ4n) is 4.08. The molecular formula is C32H50ClO2P. The van der Waals surface area contributed by atoms with E-state index in [1.54, 1.807) is 0 Å². The maximum absolute atomic E-state index is 6.81. The summed E-state index contributed by atoms with van der Waals surface area (Å²) in [7, 11) is -1.68. The van der Waals surface area contributed by atoms with Crippen LogP contribution in [0.25, 0.3) is 0 Å². The highest BCUT2D eigenvalue weighted by Crippen LogP contribution is 2.51. The smallest absolute Gasteiger partial charge is 0.401 e. The van der Waals surface area contributed by atoms with Crippen LogP contribution in [0.1, 0.15) is 131 Å². The van der Waals surface area contributed by atoms with E-state index < -0.39 is 7.73 Å². The fourth-order valence-corrected chi connectivity index (χ4v) is 5.19. The van der Waals surface area contributed by atoms with Crippen molar-refractivity contribution in [1.82, 2.24) is 0 Å². The molecule has 0 radical (unpaired) electrons. The zero-order valence-electron chi connectivity index (χ0n) is 24.9. The van der Waals surface area contributed by atoms with Crippen LogP contribution in [0.15, 0.2) is 36.4 Å². The number of hydrogen-bond acceptors (Lipinski definition) is 2. The second-order valence-electron chi connectivity index (χ2n) is 12.8. The highest BCUT2D eigenvalue weighted by atomic mass is 35.7. The van der Waals surface area contributed by atoms with Crippen LogP contribution in [0.3, 0.4) is 0 Å². The highest BCUT2D eigenvalue weighted by molar-refractivity contribution is 7.76. The van der Waals surface area contributed by atoms with Crippen molar-refractivity contribution in [1.29, 1.82) is 0 Å². The van der Waals surface area contributed by atoms with Crippen molar-refractivity contribution in [3.05, 3.63) is 58.7 Å². The molecule has 0 aliphatic carbocycles. The largest absolute Gasteiger partial charge is 0.427 e. The van der Waals surface area contributed by atoms with Crippen molar-refractivity contribution in [3.8, 4) is 11.5 Å². The minimum Gasteiger partial charge on any atom is -0.427 e. The quantitative estimate of drug-likeness (QED) is 0.253. The van der Waals surface area contributed by atoms with E-state index in [9.17, 15) is 0 Å². The first kappa shape index (κ1) is 31.0. The molecule has 0 aromatic heterocycles. The van der Waals surface area contributed by atoms with E-state index in [4.69, 9.17) is 20.3 Å². The lowest BCUT2D eigenvalue weighted by Crippen LogP contribution is -2.21. The van der Waals surface area contributed by atoms with Gasteiger partial charge in [-0.2, -0.15) is 0 Å². The maximum atomic E-state index is 6.81. The molecule has 0 atom stereocenters. The minimum atomic E-state index is -1.68. The van der Waals surface area contributed by atoms with Gasteiger partial charge in [-0.3, -0.25) is 0 Å². The Hall–Kier alpha value is -1.24. The summed E-state index contributed by atoms with van der Waals surface area (Å²) in [4.78, 5) is 0. The molecule has 0 N–H and O–H groups in total. The van der Waals surface area contributed by atoms with E-state index in [0.29, 0.717) is 0 Å². The van der Waals surface area contributed by atoms with Crippen LogP contribution in [0, 0.1) is 0 Å². The van der Waals surface area contributed by atoms with Crippen LogP contribution in [-0.2, 0) is 21.7 Å². The Balaban J connectivity index is 2.46. The predicted octanol–water partition coefficient (Wildman–Crippen LogP) is 11.4. The summed E-state index contributed by atoms with van der Waals surface area (Å²) in [5, 5.41) is 0. The molecule has 2 aromatic rings. The van der Waals surface area contributed by atoms with E-state index >= 15 is 0 Å². The monoisotopic (exact) mass is 532 g/mol. The van der Waals surface area contributed by atoms with Crippen molar-refractivity contribution < 1.29 is 9.05 Å². The van der Waals surface area contributed by atoms with Gasteiger partial charge >= 0.3 is 7.73 Å². The van der Waals surface area contributed by atoms with Gasteiger partial charge in [-0.15, -0.1) is 0 Å². The first-order chi connectivity index (χ1) is 16.5. The molecule has 0 aliphatic heterocycles. The van der Waals surface area contributed by atoms with Crippen molar-refractivity contribution in [2.75, 3.05) is 0 Å². The third-order valence-corrected chi connectivity index (χ3v) is 9.95. The Morgan fingerprint density at radius 3 is 1.14 bits per heavy atom. The molecule has 0 saturated carbocycles. The van der Waals surface area contributed by atoms with Gasteiger partial charge in [-0.25, -0.2) is 0 Å². The Bertz CT molecular complexity index is 941. The van der Waals surface area contributed by atoms with Crippen molar-refractivity contribution in [2.45, 2.75) is 130 Å². The Morgan fingerprint density at radius 1 is 0.556 bits per heavy atom. The number of hydrogen-bond donors (Lipinski definition) is 0. The summed E-state index contributed by atoms with van der Waals surface area (Å²) in [6, 6.07) is 13.2. The molecule has 2 rings (SSSR count). The molecule has 0 fully saturated rings. The predicted molar refractivity (Wildman–Crippen MR) is 160 cm³/mol. The SMILES string of the molecule is CCC(C)(C)c1ccc(OP(Cl)Oc2ccc(C(C)(C)CC)cc2C(C)(C)CC)c(C(C)(C)CC)c1. The second kappa shape index (κ2) is 11.7. The lowest BCUT2D eigenvalue weighted by Gasteiger charge is -2.32. The maximum Gasteiger partial charge on any atom is 0.401 e. The van der Waals surface area contributed by atoms with Crippen LogP contribution in [-0.4, -0.2) is 0 Å². The standard InChI is InChI=1S/C32H50ClO2P/c1-13-29(5,6)23-17-19-27(25(21-23)31(9,10)15-3)34-36(33)35-28-20-18-24(30(7,8)14-2)22-26(28)32(11,12)16-4/h17-22H,13-16H2,1-12H3. The Labute approximate surface area is 228 Å². The van der Waals surface area contributed by atoms with Gasteiger partial charge in [-0.1, -0.05) is 107 Å². The molecule has 0 heterocycles. The summed E-state index contributed by atoms with van der Waals surface area (Å²) in [6.45, 7) is 27.2. The van der Waals surface area contributed by atoms with Crippen LogP contribution < -0.4 is 9.05 Å². The summed E-state index contributed by atoms with van der Waals surface area (Å²) in [6.07, 6.45) is 4.16. The third kappa shape index (κ3) is 6.99. The molecule has 0 saturated heterocycles. The van der Waals surface area contributed by atoms with Crippen molar-refractivity contribution in [3.63, 3.8) is 0 Å². The topological polar surface area (TPSA) is 18.5 Å². The summed E-state index contributed by atoms with van der Waals surface area (Å²) in [5.74, 6) is 1.64. The van der Waals surface area contributed by atoms with Gasteiger partial charge in [0.05, 0.1) is 0 Å². The van der Waals surface area contributed by atoms with Crippen molar-refractivity contribution >= 4 is 19.0 Å². The lowest BCUT2D eigenvalue weighted by molar-refractivity contribution is 0.443. The van der Waals surface area contributed by atoms with Gasteiger partial charge in [0.15, 0.2) is 0 Å². The van der Waals surface area contributed by atoms with Crippen LogP contribution in [0.5, 0.6) is 11.5 Å². The zero-order chi connectivity index (χ0) is 27.5. The van der Waals surface area contributed by atoms with Crippen LogP contribution in [0.2, 0.25) is 0 Å². The first-order valence-electron chi connectivity index (χ1n) is 13.7. The highest BCUT2D eigenvalue weighted by Gasteiger charge is 2.30. The second-order valence-corrected chi connectivity index (χ2v) is 14.4. The van der Waals surface area contributed by atoms with Gasteiger partial charge in [0, 0.05) is 11.1 Å². The number of rotatable bonds is 12. The van der Waals surface area contributed by atoms with Crippen molar-refractivity contribution in [2.24, 2.45) is 0 Å². The number of halogens is 1. The molecule has 0 spiro atoms. The average Bonchev–Trinajstić information content (AvgIpc) is 2.83. The first-order valence-corrected chi connectivity index (χ1v) is 15.7. The fraction of sp³-hybridized carbons (Fsp3) is 0.625. The van der Waals surface area contributed by atoms with E-state index in [2.05, 4.69) is 119 Å². The molecular weight excluding hydrogens is 483 g/mol. The van der Waals surface area contributed by atoms with Crippen LogP contribution in [0.4, 0.5) is 0 Å². The summed E-state index contributed by atoms with van der Waals surface area (Å²) in [5.41, 5.74) is 5.17. The molecule has 0 unspecified atom stereocenters. The van der Waals surface area contributed by atoms with Gasteiger partial charge in [0.1, 0.15) is 11.5 Å². The molecule has 0 bridgehead atoms. The van der Waals surface area contributed by atoms with E-state index in [1.165, 1.54) is 22.3 Å². The third-order valence-electron chi connectivity index (χ3n) is 8.86. The Morgan fingerprint density at radius 2 is 0.861 bits per heavy atom. The molecule has 2 nitrogen and oxygen atoms in total. The normalized spacial score (nSPS) is 13.3. The summed E-state index contributed by atoms with van der Waals surface area (Å²) >= 11 is 6.81. The molecule has 2 aromatic carbocycles. The lowest BCUT2D eigenvalue weighted by atomic mass is 9.76. The van der Waals surface area contributed by atoms with Crippen LogP contribution >= 0.6 is 19.0 Å². The van der Waals surface area contributed by atoms with Gasteiger partial charge in [-0.05, 0) is 81.8 Å². The summed E-state index contributed by atoms with van der Waals surface area (Å²) < 4.78 is 12.7. The minimum absolute atomic E-state index is 0.0367. The van der Waals surface area contributed by atoms with Gasteiger partial charge < -0.3 is 9.05 Å². The molecule has 36 heavy (non-hydrogen) atoms. The molecule has 4 heteroatoms. The molecule has 0 aliphatic rings. The zero-order valence-corrected chi connectivity index (χ0v) is 26.6. The molecule has 202 valence electrons. The van der Waals surface area contributed by atoms with Gasteiger partial charge in [0.2, 0.25) is 0 Å². The Kier molecular flexibility index (Phi) is 10.0. The number of benzene rings is 2. The van der Waals surface area contributed by atoms with E-state index in [1.807, 2.05) is 0 Å².